The highest BCUT2D eigenvalue weighted by Crippen LogP contribution is 2.39. The van der Waals surface area contributed by atoms with Gasteiger partial charge in [-0.2, -0.15) is 0 Å². The number of aryl methyl sites for hydroxylation is 2. The number of nitrogens with zero attached hydrogens (tertiary/aromatic N) is 1. The Balaban J connectivity index is 1.91. The maximum absolute atomic E-state index is 9.63. The lowest BCUT2D eigenvalue weighted by Crippen LogP contribution is -2.23. The van der Waals surface area contributed by atoms with Crippen LogP contribution in [0.5, 0.6) is 0 Å². The highest BCUT2D eigenvalue weighted by Gasteiger charge is 2.33. The highest BCUT2D eigenvalue weighted by molar-refractivity contribution is 5.42. The van der Waals surface area contributed by atoms with Crippen LogP contribution in [-0.4, -0.2) is 16.7 Å². The van der Waals surface area contributed by atoms with Crippen molar-refractivity contribution in [2.24, 2.45) is 0 Å². The smallest absolute Gasteiger partial charge is 0.191 e. The Hall–Kier alpha value is -1.61. The molecule has 1 N–H and O–H groups in total. The molecular formula is C16H19NO2. The molecule has 1 aromatic heterocycles. The normalized spacial score (nSPS) is 21.6. The molecule has 2 aromatic rings. The number of aliphatic hydroxyl groups is 1. The molecule has 1 heterocycles. The Labute approximate surface area is 113 Å². The largest absolute Gasteiger partial charge is 0.446 e. The second-order valence-electron chi connectivity index (χ2n) is 5.73. The number of benzene rings is 1. The Kier molecular flexibility index (Phi) is 2.94. The second kappa shape index (κ2) is 4.49. The van der Waals surface area contributed by atoms with E-state index in [0.29, 0.717) is 5.89 Å². The first-order chi connectivity index (χ1) is 9.10. The van der Waals surface area contributed by atoms with Gasteiger partial charge in [-0.25, -0.2) is 4.98 Å². The van der Waals surface area contributed by atoms with E-state index in [1.165, 1.54) is 16.7 Å². The van der Waals surface area contributed by atoms with Crippen molar-refractivity contribution in [1.29, 1.82) is 0 Å². The molecule has 1 aliphatic carbocycles. The number of aliphatic hydroxyl groups excluding tert-OH is 1. The molecule has 1 atom stereocenters. The summed E-state index contributed by atoms with van der Waals surface area (Å²) in [4.78, 5) is 4.12. The van der Waals surface area contributed by atoms with Gasteiger partial charge in [-0.05, 0) is 29.5 Å². The van der Waals surface area contributed by atoms with Crippen molar-refractivity contribution < 1.29 is 9.52 Å². The van der Waals surface area contributed by atoms with Crippen LogP contribution >= 0.6 is 0 Å². The van der Waals surface area contributed by atoms with Gasteiger partial charge >= 0.3 is 0 Å². The zero-order chi connectivity index (χ0) is 13.5. The van der Waals surface area contributed by atoms with Gasteiger partial charge in [-0.3, -0.25) is 0 Å². The second-order valence-corrected chi connectivity index (χ2v) is 5.73. The van der Waals surface area contributed by atoms with Gasteiger partial charge in [0.05, 0.1) is 12.8 Å². The minimum Gasteiger partial charge on any atom is -0.446 e. The van der Waals surface area contributed by atoms with Gasteiger partial charge in [0.25, 0.3) is 0 Å². The van der Waals surface area contributed by atoms with Crippen LogP contribution in [0.2, 0.25) is 0 Å². The third-order valence-electron chi connectivity index (χ3n) is 4.17. The van der Waals surface area contributed by atoms with E-state index in [-0.39, 0.29) is 12.0 Å². The summed E-state index contributed by atoms with van der Waals surface area (Å²) in [5.41, 5.74) is 3.80. The van der Waals surface area contributed by atoms with Crippen LogP contribution in [0.25, 0.3) is 0 Å². The third kappa shape index (κ3) is 2.19. The Morgan fingerprint density at radius 2 is 2.26 bits per heavy atom. The number of rotatable bonds is 3. The first-order valence-electron chi connectivity index (χ1n) is 6.75. The summed E-state index contributed by atoms with van der Waals surface area (Å²) in [5.74, 6) is 1.59. The summed E-state index contributed by atoms with van der Waals surface area (Å²) >= 11 is 0. The molecule has 0 aliphatic heterocycles. The molecular weight excluding hydrogens is 238 g/mol. The van der Waals surface area contributed by atoms with E-state index in [2.05, 4.69) is 30.1 Å². The van der Waals surface area contributed by atoms with Gasteiger partial charge in [-0.15, -0.1) is 0 Å². The fraction of sp³-hybridized carbons (Fsp3) is 0.438. The van der Waals surface area contributed by atoms with E-state index in [1.807, 2.05) is 6.92 Å². The summed E-state index contributed by atoms with van der Waals surface area (Å²) < 4.78 is 5.52. The van der Waals surface area contributed by atoms with Gasteiger partial charge in [-0.1, -0.05) is 25.1 Å². The molecule has 0 saturated heterocycles. The molecule has 0 radical (unpaired) electrons. The van der Waals surface area contributed by atoms with Crippen molar-refractivity contribution in [3.8, 4) is 0 Å². The van der Waals surface area contributed by atoms with Gasteiger partial charge in [0.2, 0.25) is 0 Å². The molecule has 1 aliphatic rings. The number of oxazole rings is 1. The lowest BCUT2D eigenvalue weighted by molar-refractivity contribution is 0.205. The van der Waals surface area contributed by atoms with E-state index in [1.54, 1.807) is 6.20 Å². The Bertz CT molecular complexity index is 603. The predicted molar refractivity (Wildman–Crippen MR) is 73.2 cm³/mol. The molecule has 0 spiro atoms. The summed E-state index contributed by atoms with van der Waals surface area (Å²) in [6.07, 6.45) is 4.64. The summed E-state index contributed by atoms with van der Waals surface area (Å²) in [5, 5.41) is 9.63. The molecule has 0 fully saturated rings. The van der Waals surface area contributed by atoms with Crippen LogP contribution < -0.4 is 0 Å². The molecule has 3 rings (SSSR count). The minimum atomic E-state index is -0.0807. The van der Waals surface area contributed by atoms with Crippen molar-refractivity contribution in [2.45, 2.75) is 38.5 Å². The molecule has 0 bridgehead atoms. The summed E-state index contributed by atoms with van der Waals surface area (Å²) in [6, 6.07) is 6.56. The zero-order valence-electron chi connectivity index (χ0n) is 11.4. The maximum atomic E-state index is 9.63. The molecule has 1 unspecified atom stereocenters. The molecule has 3 nitrogen and oxygen atoms in total. The molecule has 19 heavy (non-hydrogen) atoms. The van der Waals surface area contributed by atoms with E-state index in [9.17, 15) is 5.11 Å². The first kappa shape index (κ1) is 12.4. The quantitative estimate of drug-likeness (QED) is 0.919. The summed E-state index contributed by atoms with van der Waals surface area (Å²) in [6.45, 7) is 4.21. The summed E-state index contributed by atoms with van der Waals surface area (Å²) in [7, 11) is 0. The van der Waals surface area contributed by atoms with Crippen LogP contribution in [0, 0.1) is 6.92 Å². The van der Waals surface area contributed by atoms with Crippen LogP contribution in [-0.2, 0) is 18.3 Å². The molecule has 100 valence electrons. The molecule has 0 amide bonds. The third-order valence-corrected chi connectivity index (χ3v) is 4.17. The number of aromatic nitrogens is 1. The lowest BCUT2D eigenvalue weighted by Gasteiger charge is -2.22. The van der Waals surface area contributed by atoms with E-state index >= 15 is 0 Å². The van der Waals surface area contributed by atoms with Gasteiger partial charge in [0.15, 0.2) is 5.89 Å². The van der Waals surface area contributed by atoms with Crippen molar-refractivity contribution in [1.82, 2.24) is 4.98 Å². The van der Waals surface area contributed by atoms with Crippen molar-refractivity contribution >= 4 is 0 Å². The topological polar surface area (TPSA) is 46.3 Å². The molecule has 3 heteroatoms. The number of hydrogen-bond donors (Lipinski definition) is 1. The van der Waals surface area contributed by atoms with Crippen LogP contribution in [0.1, 0.15) is 41.7 Å². The standard InChI is InChI=1S/C16H19NO2/c1-11-17-9-14(19-11)7-12-3-4-13-5-6-16(2,10-18)15(13)8-12/h3-4,8-9,18H,5-7,10H2,1-2H3. The fourth-order valence-electron chi connectivity index (χ4n) is 2.91. The van der Waals surface area contributed by atoms with Crippen LogP contribution in [0.4, 0.5) is 0 Å². The molecule has 1 aromatic carbocycles. The van der Waals surface area contributed by atoms with Gasteiger partial charge < -0.3 is 9.52 Å². The number of hydrogen-bond acceptors (Lipinski definition) is 3. The van der Waals surface area contributed by atoms with Crippen LogP contribution in [0.15, 0.2) is 28.8 Å². The predicted octanol–water partition coefficient (Wildman–Crippen LogP) is 2.77. The maximum Gasteiger partial charge on any atom is 0.191 e. The average molecular weight is 257 g/mol. The minimum absolute atomic E-state index is 0.0807. The monoisotopic (exact) mass is 257 g/mol. The van der Waals surface area contributed by atoms with Gasteiger partial charge in [0, 0.05) is 18.8 Å². The van der Waals surface area contributed by atoms with E-state index < -0.39 is 0 Å². The highest BCUT2D eigenvalue weighted by atomic mass is 16.3. The number of fused-ring (bicyclic) bond motifs is 1. The van der Waals surface area contributed by atoms with Crippen molar-refractivity contribution in [3.63, 3.8) is 0 Å². The molecule has 0 saturated carbocycles. The van der Waals surface area contributed by atoms with Crippen LogP contribution in [0.3, 0.4) is 0 Å². The van der Waals surface area contributed by atoms with Crippen molar-refractivity contribution in [3.05, 3.63) is 52.7 Å². The first-order valence-corrected chi connectivity index (χ1v) is 6.75. The van der Waals surface area contributed by atoms with Crippen molar-refractivity contribution in [2.75, 3.05) is 6.61 Å². The Morgan fingerprint density at radius 3 is 2.95 bits per heavy atom. The Morgan fingerprint density at radius 1 is 1.42 bits per heavy atom. The van der Waals surface area contributed by atoms with E-state index in [0.717, 1.165) is 25.0 Å². The SMILES string of the molecule is Cc1ncc(Cc2ccc3c(c2)C(C)(CO)CC3)o1. The lowest BCUT2D eigenvalue weighted by atomic mass is 9.84. The fourth-order valence-corrected chi connectivity index (χ4v) is 2.91. The van der Waals surface area contributed by atoms with Gasteiger partial charge in [0.1, 0.15) is 5.76 Å². The van der Waals surface area contributed by atoms with E-state index in [4.69, 9.17) is 4.42 Å². The zero-order valence-corrected chi connectivity index (χ0v) is 11.4. The average Bonchev–Trinajstić information content (AvgIpc) is 2.95.